The highest BCUT2D eigenvalue weighted by molar-refractivity contribution is 5.44. The van der Waals surface area contributed by atoms with E-state index in [1.165, 1.54) is 63.8 Å². The Hall–Kier alpha value is -1.39. The average molecular weight is 478 g/mol. The fourth-order valence-electron chi connectivity index (χ4n) is 9.88. The molecule has 8 atom stereocenters. The Morgan fingerprint density at radius 1 is 1.06 bits per heavy atom. The number of aromatic nitrogens is 1. The molecule has 5 aliphatic rings. The first kappa shape index (κ1) is 24.0. The summed E-state index contributed by atoms with van der Waals surface area (Å²) in [5.41, 5.74) is 3.76. The van der Waals surface area contributed by atoms with Gasteiger partial charge >= 0.3 is 0 Å². The molecule has 4 heteroatoms. The molecule has 1 aromatic rings. The Labute approximate surface area is 213 Å². The number of aliphatic hydroxyl groups excluding tert-OH is 1. The summed E-state index contributed by atoms with van der Waals surface area (Å²) in [5, 5.41) is 10.3. The van der Waals surface area contributed by atoms with Gasteiger partial charge in [-0.15, -0.1) is 0 Å². The third kappa shape index (κ3) is 4.07. The van der Waals surface area contributed by atoms with Crippen LogP contribution in [-0.4, -0.2) is 53.8 Å². The molecule has 35 heavy (non-hydrogen) atoms. The summed E-state index contributed by atoms with van der Waals surface area (Å²) in [7, 11) is 0. The van der Waals surface area contributed by atoms with E-state index in [9.17, 15) is 5.11 Å². The Morgan fingerprint density at radius 2 is 1.89 bits per heavy atom. The van der Waals surface area contributed by atoms with Gasteiger partial charge in [-0.25, -0.2) is 0 Å². The van der Waals surface area contributed by atoms with Crippen molar-refractivity contribution in [3.63, 3.8) is 0 Å². The van der Waals surface area contributed by atoms with E-state index in [1.807, 2.05) is 12.4 Å². The molecule has 4 fully saturated rings. The quantitative estimate of drug-likeness (QED) is 0.558. The molecule has 0 amide bonds. The summed E-state index contributed by atoms with van der Waals surface area (Å²) in [5.74, 6) is 4.27. The number of piperazine rings is 1. The molecule has 0 radical (unpaired) electrons. The average Bonchev–Trinajstić information content (AvgIpc) is 3.23. The molecule has 1 unspecified atom stereocenters. The molecular weight excluding hydrogens is 430 g/mol. The molecule has 1 aliphatic heterocycles. The van der Waals surface area contributed by atoms with Crippen LogP contribution >= 0.6 is 0 Å². The first-order valence-corrected chi connectivity index (χ1v) is 14.6. The Balaban J connectivity index is 1.10. The summed E-state index contributed by atoms with van der Waals surface area (Å²) in [6.45, 7) is 13.7. The molecule has 0 aromatic carbocycles. The summed E-state index contributed by atoms with van der Waals surface area (Å²) in [4.78, 5) is 9.55. The fraction of sp³-hybridized carbons (Fsp3) is 0.774. The van der Waals surface area contributed by atoms with Crippen molar-refractivity contribution in [2.45, 2.75) is 78.2 Å². The van der Waals surface area contributed by atoms with Crippen LogP contribution in [0.15, 0.2) is 36.2 Å². The molecule has 4 aliphatic carbocycles. The predicted molar refractivity (Wildman–Crippen MR) is 143 cm³/mol. The van der Waals surface area contributed by atoms with Crippen LogP contribution in [0.4, 0.5) is 5.69 Å². The largest absolute Gasteiger partial charge is 0.393 e. The zero-order valence-corrected chi connectivity index (χ0v) is 22.3. The second kappa shape index (κ2) is 9.17. The van der Waals surface area contributed by atoms with Gasteiger partial charge in [0, 0.05) is 38.9 Å². The van der Waals surface area contributed by atoms with Gasteiger partial charge in [-0.2, -0.15) is 0 Å². The summed E-state index contributed by atoms with van der Waals surface area (Å²) in [6, 6.07) is 4.25. The minimum absolute atomic E-state index is 0.0948. The van der Waals surface area contributed by atoms with Crippen LogP contribution in [-0.2, 0) is 0 Å². The van der Waals surface area contributed by atoms with Crippen molar-refractivity contribution in [3.05, 3.63) is 36.2 Å². The van der Waals surface area contributed by atoms with Gasteiger partial charge in [0.15, 0.2) is 0 Å². The number of pyridine rings is 1. The third-order valence-corrected chi connectivity index (χ3v) is 11.8. The van der Waals surface area contributed by atoms with Crippen LogP contribution in [0.3, 0.4) is 0 Å². The predicted octanol–water partition coefficient (Wildman–Crippen LogP) is 5.78. The Bertz CT molecular complexity index is 924. The van der Waals surface area contributed by atoms with E-state index >= 15 is 0 Å². The fourth-order valence-corrected chi connectivity index (χ4v) is 9.88. The Morgan fingerprint density at radius 3 is 2.66 bits per heavy atom. The van der Waals surface area contributed by atoms with E-state index in [0.717, 1.165) is 55.5 Å². The maximum atomic E-state index is 10.3. The zero-order chi connectivity index (χ0) is 24.2. The van der Waals surface area contributed by atoms with Gasteiger partial charge in [0.05, 0.1) is 18.0 Å². The Kier molecular flexibility index (Phi) is 6.28. The highest BCUT2D eigenvalue weighted by Crippen LogP contribution is 2.67. The maximum Gasteiger partial charge on any atom is 0.0577 e. The molecular formula is C31H47N3O. The lowest BCUT2D eigenvalue weighted by molar-refractivity contribution is -0.0585. The zero-order valence-electron chi connectivity index (χ0n) is 22.3. The molecule has 1 aromatic heterocycles. The van der Waals surface area contributed by atoms with Crippen molar-refractivity contribution in [2.75, 3.05) is 37.6 Å². The highest BCUT2D eigenvalue weighted by Gasteiger charge is 2.59. The van der Waals surface area contributed by atoms with Gasteiger partial charge in [0.25, 0.3) is 0 Å². The summed E-state index contributed by atoms with van der Waals surface area (Å²) in [6.07, 6.45) is 16.5. The van der Waals surface area contributed by atoms with Gasteiger partial charge < -0.3 is 10.0 Å². The summed E-state index contributed by atoms with van der Waals surface area (Å²) >= 11 is 0. The molecule has 1 N–H and O–H groups in total. The number of fused-ring (bicyclic) bond motifs is 5. The lowest BCUT2D eigenvalue weighted by atomic mass is 9.47. The van der Waals surface area contributed by atoms with Crippen molar-refractivity contribution in [2.24, 2.45) is 40.4 Å². The van der Waals surface area contributed by atoms with Crippen molar-refractivity contribution >= 4 is 5.69 Å². The number of hydrogen-bond acceptors (Lipinski definition) is 4. The first-order valence-electron chi connectivity index (χ1n) is 14.6. The van der Waals surface area contributed by atoms with Gasteiger partial charge in [-0.3, -0.25) is 9.88 Å². The summed E-state index contributed by atoms with van der Waals surface area (Å²) < 4.78 is 0. The van der Waals surface area contributed by atoms with E-state index in [2.05, 4.69) is 53.8 Å². The second-order valence-electron chi connectivity index (χ2n) is 13.4. The number of anilines is 1. The van der Waals surface area contributed by atoms with Crippen molar-refractivity contribution in [3.8, 4) is 0 Å². The van der Waals surface area contributed by atoms with E-state index in [1.54, 1.807) is 5.57 Å². The molecule has 4 nitrogen and oxygen atoms in total. The SMILES string of the molecule is C[C@H](CN1CCN(c2cccnc2)CC1)[C@H]1CC[C@H]2[C@@H]3CC=C4CC(O)CC[C@]4(C)[C@H]3CC[C@]12C. The third-order valence-electron chi connectivity index (χ3n) is 11.8. The van der Waals surface area contributed by atoms with E-state index in [4.69, 9.17) is 0 Å². The molecule has 0 bridgehead atoms. The second-order valence-corrected chi connectivity index (χ2v) is 13.4. The van der Waals surface area contributed by atoms with E-state index in [-0.39, 0.29) is 6.10 Å². The number of nitrogens with zero attached hydrogens (tertiary/aromatic N) is 3. The maximum absolute atomic E-state index is 10.3. The van der Waals surface area contributed by atoms with Crippen LogP contribution in [0.5, 0.6) is 0 Å². The van der Waals surface area contributed by atoms with Gasteiger partial charge in [-0.05, 0) is 104 Å². The number of hydrogen-bond donors (Lipinski definition) is 1. The van der Waals surface area contributed by atoms with Crippen molar-refractivity contribution in [1.82, 2.24) is 9.88 Å². The van der Waals surface area contributed by atoms with Crippen LogP contribution in [0.25, 0.3) is 0 Å². The smallest absolute Gasteiger partial charge is 0.0577 e. The highest BCUT2D eigenvalue weighted by atomic mass is 16.3. The van der Waals surface area contributed by atoms with Crippen LogP contribution in [0, 0.1) is 40.4 Å². The van der Waals surface area contributed by atoms with E-state index in [0.29, 0.717) is 10.8 Å². The standard InChI is InChI=1S/C31H47N3O/c1-22(21-33-15-17-34(18-16-33)24-5-4-14-32-20-24)27-8-9-28-26-7-6-23-19-25(35)10-12-30(23,2)29(26)11-13-31(27,28)3/h4-6,14,20,22,25-29,35H,7-13,15-19,21H2,1-3H3/t22-,25?,26+,27-,28+,29+,30+,31-/m1/s1. The van der Waals surface area contributed by atoms with E-state index < -0.39 is 0 Å². The molecule has 192 valence electrons. The number of allylic oxidation sites excluding steroid dienone is 1. The minimum Gasteiger partial charge on any atom is -0.393 e. The monoisotopic (exact) mass is 477 g/mol. The lowest BCUT2D eigenvalue weighted by Crippen LogP contribution is -2.52. The molecule has 3 saturated carbocycles. The number of aliphatic hydroxyl groups is 1. The van der Waals surface area contributed by atoms with Crippen LogP contribution < -0.4 is 4.90 Å². The molecule has 6 rings (SSSR count). The number of rotatable bonds is 4. The van der Waals surface area contributed by atoms with Gasteiger partial charge in [0.1, 0.15) is 0 Å². The topological polar surface area (TPSA) is 39.6 Å². The van der Waals surface area contributed by atoms with Crippen molar-refractivity contribution < 1.29 is 5.11 Å². The van der Waals surface area contributed by atoms with Crippen molar-refractivity contribution in [1.29, 1.82) is 0 Å². The minimum atomic E-state index is -0.0948. The molecule has 0 spiro atoms. The van der Waals surface area contributed by atoms with Gasteiger partial charge in [-0.1, -0.05) is 32.4 Å². The van der Waals surface area contributed by atoms with Gasteiger partial charge in [0.2, 0.25) is 0 Å². The normalized spacial score (nSPS) is 42.6. The van der Waals surface area contributed by atoms with Crippen LogP contribution in [0.1, 0.15) is 72.1 Å². The van der Waals surface area contributed by atoms with Crippen LogP contribution in [0.2, 0.25) is 0 Å². The molecule has 2 heterocycles. The lowest BCUT2D eigenvalue weighted by Gasteiger charge is -2.58. The first-order chi connectivity index (χ1) is 16.9. The molecule has 1 saturated heterocycles.